The van der Waals surface area contributed by atoms with Crippen molar-refractivity contribution in [1.29, 1.82) is 0 Å². The summed E-state index contributed by atoms with van der Waals surface area (Å²) in [5, 5.41) is 0. The van der Waals surface area contributed by atoms with Crippen LogP contribution in [0.5, 0.6) is 0 Å². The van der Waals surface area contributed by atoms with Crippen molar-refractivity contribution < 1.29 is 9.47 Å². The Morgan fingerprint density at radius 3 is 2.44 bits per heavy atom. The molecule has 1 unspecified atom stereocenters. The average molecular weight is 257 g/mol. The summed E-state index contributed by atoms with van der Waals surface area (Å²) in [5.41, 5.74) is 0. The third-order valence-electron chi connectivity index (χ3n) is 3.84. The first kappa shape index (κ1) is 14.2. The summed E-state index contributed by atoms with van der Waals surface area (Å²) < 4.78 is 11.2. The molecule has 0 spiro atoms. The first-order valence-corrected chi connectivity index (χ1v) is 7.21. The molecule has 5 heteroatoms. The van der Waals surface area contributed by atoms with Gasteiger partial charge in [0, 0.05) is 39.3 Å². The van der Waals surface area contributed by atoms with E-state index >= 15 is 0 Å². The number of rotatable bonds is 5. The number of piperazine rings is 1. The van der Waals surface area contributed by atoms with Crippen molar-refractivity contribution in [2.75, 3.05) is 65.8 Å². The fourth-order valence-electron chi connectivity index (χ4n) is 2.63. The van der Waals surface area contributed by atoms with E-state index in [0.717, 1.165) is 26.4 Å². The molecule has 2 fully saturated rings. The van der Waals surface area contributed by atoms with Crippen molar-refractivity contribution in [3.63, 3.8) is 0 Å². The fourth-order valence-corrected chi connectivity index (χ4v) is 2.63. The molecule has 0 amide bonds. The molecule has 0 aromatic carbocycles. The van der Waals surface area contributed by atoms with Crippen LogP contribution in [0.15, 0.2) is 0 Å². The Morgan fingerprint density at radius 1 is 1.06 bits per heavy atom. The van der Waals surface area contributed by atoms with E-state index in [4.69, 9.17) is 9.47 Å². The molecule has 0 saturated carbocycles. The largest absolute Gasteiger partial charge is 0.376 e. The van der Waals surface area contributed by atoms with E-state index in [0.29, 0.717) is 6.61 Å². The minimum Gasteiger partial charge on any atom is -0.376 e. The zero-order chi connectivity index (χ0) is 12.8. The SMILES string of the molecule is CCOC1COCCN1CN1CCN(CC)CC1. The maximum Gasteiger partial charge on any atom is 0.135 e. The third kappa shape index (κ3) is 3.90. The standard InChI is InChI=1S/C13H27N3O2/c1-3-14-5-7-15(8-6-14)12-16-9-10-17-11-13(16)18-4-2/h13H,3-12H2,1-2H3. The summed E-state index contributed by atoms with van der Waals surface area (Å²) in [6.45, 7) is 14.5. The van der Waals surface area contributed by atoms with E-state index in [-0.39, 0.29) is 6.23 Å². The smallest absolute Gasteiger partial charge is 0.135 e. The lowest BCUT2D eigenvalue weighted by Crippen LogP contribution is -2.55. The molecule has 2 aliphatic rings. The van der Waals surface area contributed by atoms with Crippen LogP contribution >= 0.6 is 0 Å². The van der Waals surface area contributed by atoms with Gasteiger partial charge in [0.25, 0.3) is 0 Å². The highest BCUT2D eigenvalue weighted by Gasteiger charge is 2.26. The molecule has 0 aromatic heterocycles. The van der Waals surface area contributed by atoms with Gasteiger partial charge in [-0.3, -0.25) is 9.80 Å². The topological polar surface area (TPSA) is 28.2 Å². The average Bonchev–Trinajstić information content (AvgIpc) is 2.42. The molecule has 2 aliphatic heterocycles. The molecule has 5 nitrogen and oxygen atoms in total. The predicted molar refractivity (Wildman–Crippen MR) is 71.5 cm³/mol. The molecule has 0 aromatic rings. The Labute approximate surface area is 111 Å². The molecule has 0 radical (unpaired) electrons. The van der Waals surface area contributed by atoms with Gasteiger partial charge >= 0.3 is 0 Å². The first-order chi connectivity index (χ1) is 8.83. The molecule has 0 N–H and O–H groups in total. The Bertz CT molecular complexity index is 230. The number of ether oxygens (including phenoxy) is 2. The van der Waals surface area contributed by atoms with Crippen LogP contribution in [-0.4, -0.2) is 86.7 Å². The molecule has 0 aliphatic carbocycles. The maximum absolute atomic E-state index is 5.74. The second-order valence-corrected chi connectivity index (χ2v) is 4.99. The lowest BCUT2D eigenvalue weighted by atomic mass is 10.3. The van der Waals surface area contributed by atoms with Crippen LogP contribution in [0.4, 0.5) is 0 Å². The minimum absolute atomic E-state index is 0.146. The predicted octanol–water partition coefficient (Wildman–Crippen LogP) is 0.276. The summed E-state index contributed by atoms with van der Waals surface area (Å²) >= 11 is 0. The number of nitrogens with zero attached hydrogens (tertiary/aromatic N) is 3. The Balaban J connectivity index is 1.77. The molecular formula is C13H27N3O2. The van der Waals surface area contributed by atoms with Crippen molar-refractivity contribution in [3.05, 3.63) is 0 Å². The van der Waals surface area contributed by atoms with E-state index in [1.54, 1.807) is 0 Å². The molecule has 106 valence electrons. The van der Waals surface area contributed by atoms with Gasteiger partial charge < -0.3 is 14.4 Å². The van der Waals surface area contributed by atoms with E-state index in [1.807, 2.05) is 6.92 Å². The number of hydrogen-bond acceptors (Lipinski definition) is 5. The van der Waals surface area contributed by atoms with Gasteiger partial charge in [-0.15, -0.1) is 0 Å². The molecule has 18 heavy (non-hydrogen) atoms. The van der Waals surface area contributed by atoms with Crippen LogP contribution in [0.25, 0.3) is 0 Å². The molecule has 2 saturated heterocycles. The summed E-state index contributed by atoms with van der Waals surface area (Å²) in [7, 11) is 0. The van der Waals surface area contributed by atoms with Gasteiger partial charge in [0.2, 0.25) is 0 Å². The maximum atomic E-state index is 5.74. The summed E-state index contributed by atoms with van der Waals surface area (Å²) in [6.07, 6.45) is 0.146. The Hall–Kier alpha value is -0.200. The van der Waals surface area contributed by atoms with Gasteiger partial charge in [-0.1, -0.05) is 6.92 Å². The fraction of sp³-hybridized carbons (Fsp3) is 1.00. The van der Waals surface area contributed by atoms with Gasteiger partial charge in [-0.25, -0.2) is 0 Å². The van der Waals surface area contributed by atoms with Crippen LogP contribution < -0.4 is 0 Å². The Morgan fingerprint density at radius 2 is 1.78 bits per heavy atom. The molecule has 2 rings (SSSR count). The van der Waals surface area contributed by atoms with Crippen LogP contribution in [0.2, 0.25) is 0 Å². The zero-order valence-electron chi connectivity index (χ0n) is 11.8. The van der Waals surface area contributed by atoms with Gasteiger partial charge in [0.15, 0.2) is 0 Å². The van der Waals surface area contributed by atoms with E-state index in [1.165, 1.54) is 32.7 Å². The summed E-state index contributed by atoms with van der Waals surface area (Å²) in [5.74, 6) is 0. The van der Waals surface area contributed by atoms with Crippen LogP contribution in [0.1, 0.15) is 13.8 Å². The van der Waals surface area contributed by atoms with Crippen molar-refractivity contribution >= 4 is 0 Å². The molecular weight excluding hydrogens is 230 g/mol. The zero-order valence-corrected chi connectivity index (χ0v) is 11.8. The second kappa shape index (κ2) is 7.40. The van der Waals surface area contributed by atoms with E-state index in [9.17, 15) is 0 Å². The van der Waals surface area contributed by atoms with Gasteiger partial charge in [0.05, 0.1) is 19.9 Å². The Kier molecular flexibility index (Phi) is 5.85. The lowest BCUT2D eigenvalue weighted by Gasteiger charge is -2.41. The highest BCUT2D eigenvalue weighted by atomic mass is 16.5. The highest BCUT2D eigenvalue weighted by molar-refractivity contribution is 4.74. The van der Waals surface area contributed by atoms with Crippen LogP contribution in [0, 0.1) is 0 Å². The third-order valence-corrected chi connectivity index (χ3v) is 3.84. The molecule has 1 atom stereocenters. The highest BCUT2D eigenvalue weighted by Crippen LogP contribution is 2.11. The quantitative estimate of drug-likeness (QED) is 0.705. The number of hydrogen-bond donors (Lipinski definition) is 0. The first-order valence-electron chi connectivity index (χ1n) is 7.21. The van der Waals surface area contributed by atoms with Crippen molar-refractivity contribution in [2.45, 2.75) is 20.1 Å². The summed E-state index contributed by atoms with van der Waals surface area (Å²) in [6, 6.07) is 0. The minimum atomic E-state index is 0.146. The van der Waals surface area contributed by atoms with Crippen LogP contribution in [-0.2, 0) is 9.47 Å². The normalized spacial score (nSPS) is 28.7. The van der Waals surface area contributed by atoms with Gasteiger partial charge in [0.1, 0.15) is 6.23 Å². The lowest BCUT2D eigenvalue weighted by molar-refractivity contribution is -0.151. The molecule has 0 bridgehead atoms. The van der Waals surface area contributed by atoms with Crippen molar-refractivity contribution in [3.8, 4) is 0 Å². The monoisotopic (exact) mass is 257 g/mol. The van der Waals surface area contributed by atoms with Crippen LogP contribution in [0.3, 0.4) is 0 Å². The molecule has 2 heterocycles. The van der Waals surface area contributed by atoms with E-state index < -0.39 is 0 Å². The van der Waals surface area contributed by atoms with Crippen molar-refractivity contribution in [2.24, 2.45) is 0 Å². The van der Waals surface area contributed by atoms with Gasteiger partial charge in [-0.2, -0.15) is 0 Å². The second-order valence-electron chi connectivity index (χ2n) is 4.99. The van der Waals surface area contributed by atoms with E-state index in [2.05, 4.69) is 21.6 Å². The van der Waals surface area contributed by atoms with Crippen molar-refractivity contribution in [1.82, 2.24) is 14.7 Å². The summed E-state index contributed by atoms with van der Waals surface area (Å²) in [4.78, 5) is 7.45. The number of morpholine rings is 1. The number of likely N-dealkylation sites (N-methyl/N-ethyl adjacent to an activating group) is 1. The van der Waals surface area contributed by atoms with Gasteiger partial charge in [-0.05, 0) is 13.5 Å².